The average Bonchev–Trinajstić information content (AvgIpc) is 3.24. The van der Waals surface area contributed by atoms with Crippen molar-refractivity contribution in [3.63, 3.8) is 0 Å². The number of hydrogen-bond donors (Lipinski definition) is 1. The predicted octanol–water partition coefficient (Wildman–Crippen LogP) is 4.27. The zero-order chi connectivity index (χ0) is 16.4. The fourth-order valence-corrected chi connectivity index (χ4v) is 4.13. The molecule has 0 saturated heterocycles. The van der Waals surface area contributed by atoms with Gasteiger partial charge in [-0.15, -0.1) is 11.3 Å². The van der Waals surface area contributed by atoms with Crippen LogP contribution in [0.25, 0.3) is 10.4 Å². The zero-order valence-electron chi connectivity index (χ0n) is 13.0. The van der Waals surface area contributed by atoms with Gasteiger partial charge in [-0.05, 0) is 24.5 Å². The summed E-state index contributed by atoms with van der Waals surface area (Å²) in [6.07, 6.45) is 3.96. The van der Waals surface area contributed by atoms with Crippen LogP contribution in [0.1, 0.15) is 35.4 Å². The van der Waals surface area contributed by atoms with Crippen LogP contribution in [0.2, 0.25) is 0 Å². The Morgan fingerprint density at radius 1 is 1.17 bits per heavy atom. The van der Waals surface area contributed by atoms with Crippen LogP contribution in [0.15, 0.2) is 36.4 Å². The standard InChI is InChI=1S/C18H19NO3S/c1-19(17(20)13-9-5-6-10-13)14-11-15(23-16(14)18(21)22)12-7-3-2-4-8-12/h2-4,7-8,11,13H,5-6,9-10H2,1H3,(H,21,22). The number of rotatable bonds is 4. The number of carbonyl (C=O) groups excluding carboxylic acids is 1. The number of carboxylic acids is 1. The van der Waals surface area contributed by atoms with Gasteiger partial charge in [0.2, 0.25) is 5.91 Å². The maximum Gasteiger partial charge on any atom is 0.348 e. The molecule has 1 aromatic carbocycles. The predicted molar refractivity (Wildman–Crippen MR) is 92.1 cm³/mol. The van der Waals surface area contributed by atoms with Crippen molar-refractivity contribution in [2.24, 2.45) is 5.92 Å². The number of anilines is 1. The van der Waals surface area contributed by atoms with E-state index in [2.05, 4.69) is 0 Å². The summed E-state index contributed by atoms with van der Waals surface area (Å²) in [6.45, 7) is 0. The van der Waals surface area contributed by atoms with Gasteiger partial charge in [0.15, 0.2) is 0 Å². The number of hydrogen-bond acceptors (Lipinski definition) is 3. The number of aromatic carboxylic acids is 1. The van der Waals surface area contributed by atoms with Gasteiger partial charge in [-0.1, -0.05) is 43.2 Å². The van der Waals surface area contributed by atoms with E-state index in [1.807, 2.05) is 36.4 Å². The van der Waals surface area contributed by atoms with Crippen molar-refractivity contribution in [3.8, 4) is 10.4 Å². The molecule has 0 radical (unpaired) electrons. The van der Waals surface area contributed by atoms with Crippen LogP contribution in [0.5, 0.6) is 0 Å². The molecule has 0 bridgehead atoms. The fraction of sp³-hybridized carbons (Fsp3) is 0.333. The number of carboxylic acid groups (broad SMARTS) is 1. The lowest BCUT2D eigenvalue weighted by Gasteiger charge is -2.20. The molecule has 0 spiro atoms. The summed E-state index contributed by atoms with van der Waals surface area (Å²) in [5.41, 5.74) is 1.46. The first-order valence-corrected chi connectivity index (χ1v) is 8.59. The van der Waals surface area contributed by atoms with E-state index in [1.54, 1.807) is 7.05 Å². The first-order valence-electron chi connectivity index (χ1n) is 7.78. The summed E-state index contributed by atoms with van der Waals surface area (Å²) in [5, 5.41) is 9.49. The summed E-state index contributed by atoms with van der Waals surface area (Å²) in [5.74, 6) is -0.928. The van der Waals surface area contributed by atoms with E-state index in [0.29, 0.717) is 5.69 Å². The van der Waals surface area contributed by atoms with E-state index in [4.69, 9.17) is 0 Å². The van der Waals surface area contributed by atoms with E-state index in [0.717, 1.165) is 36.1 Å². The third kappa shape index (κ3) is 3.15. The zero-order valence-corrected chi connectivity index (χ0v) is 13.8. The Kier molecular flexibility index (Phi) is 4.48. The van der Waals surface area contributed by atoms with Crippen molar-refractivity contribution in [1.82, 2.24) is 0 Å². The molecule has 2 aromatic rings. The second kappa shape index (κ2) is 6.54. The molecule has 1 fully saturated rings. The second-order valence-electron chi connectivity index (χ2n) is 5.87. The van der Waals surface area contributed by atoms with E-state index in [1.165, 1.54) is 16.2 Å². The Morgan fingerprint density at radius 3 is 2.43 bits per heavy atom. The van der Waals surface area contributed by atoms with E-state index < -0.39 is 5.97 Å². The Bertz CT molecular complexity index is 717. The fourth-order valence-electron chi connectivity index (χ4n) is 3.09. The third-order valence-electron chi connectivity index (χ3n) is 4.36. The minimum Gasteiger partial charge on any atom is -0.477 e. The first-order chi connectivity index (χ1) is 11.1. The third-order valence-corrected chi connectivity index (χ3v) is 5.52. The molecule has 3 rings (SSSR count). The topological polar surface area (TPSA) is 57.6 Å². The molecule has 5 heteroatoms. The summed E-state index contributed by atoms with van der Waals surface area (Å²) in [4.78, 5) is 26.8. The second-order valence-corrected chi connectivity index (χ2v) is 6.93. The Hall–Kier alpha value is -2.14. The maximum atomic E-state index is 12.6. The molecule has 1 aliphatic rings. The van der Waals surface area contributed by atoms with Crippen LogP contribution in [0.3, 0.4) is 0 Å². The summed E-state index contributed by atoms with van der Waals surface area (Å²) in [6, 6.07) is 11.5. The van der Waals surface area contributed by atoms with E-state index in [-0.39, 0.29) is 16.7 Å². The summed E-state index contributed by atoms with van der Waals surface area (Å²) < 4.78 is 0. The van der Waals surface area contributed by atoms with Crippen LogP contribution in [0, 0.1) is 5.92 Å². The van der Waals surface area contributed by atoms with Gasteiger partial charge in [0.1, 0.15) is 4.88 Å². The van der Waals surface area contributed by atoms with Gasteiger partial charge in [-0.2, -0.15) is 0 Å². The van der Waals surface area contributed by atoms with Crippen molar-refractivity contribution >= 4 is 28.9 Å². The molecular weight excluding hydrogens is 310 g/mol. The van der Waals surface area contributed by atoms with Crippen molar-refractivity contribution < 1.29 is 14.7 Å². The van der Waals surface area contributed by atoms with Crippen LogP contribution in [-0.4, -0.2) is 24.0 Å². The number of nitrogens with zero attached hydrogens (tertiary/aromatic N) is 1. The summed E-state index contributed by atoms with van der Waals surface area (Å²) >= 11 is 1.22. The lowest BCUT2D eigenvalue weighted by atomic mass is 10.1. The van der Waals surface area contributed by atoms with Gasteiger partial charge in [0.25, 0.3) is 0 Å². The van der Waals surface area contributed by atoms with Gasteiger partial charge in [0, 0.05) is 17.8 Å². The monoisotopic (exact) mass is 329 g/mol. The van der Waals surface area contributed by atoms with Gasteiger partial charge >= 0.3 is 5.97 Å². The molecule has 0 unspecified atom stereocenters. The molecule has 0 aliphatic heterocycles. The number of amides is 1. The lowest BCUT2D eigenvalue weighted by Crippen LogP contribution is -2.32. The molecule has 23 heavy (non-hydrogen) atoms. The summed E-state index contributed by atoms with van der Waals surface area (Å²) in [7, 11) is 1.68. The Morgan fingerprint density at radius 2 is 1.83 bits per heavy atom. The Labute approximate surface area is 139 Å². The van der Waals surface area contributed by atoms with Gasteiger partial charge in [-0.3, -0.25) is 4.79 Å². The SMILES string of the molecule is CN(C(=O)C1CCCC1)c1cc(-c2ccccc2)sc1C(=O)O. The number of carbonyl (C=O) groups is 2. The van der Waals surface area contributed by atoms with Crippen molar-refractivity contribution in [2.75, 3.05) is 11.9 Å². The molecule has 1 N–H and O–H groups in total. The van der Waals surface area contributed by atoms with Crippen molar-refractivity contribution in [1.29, 1.82) is 0 Å². The minimum atomic E-state index is -0.988. The first kappa shape index (κ1) is 15.7. The number of benzene rings is 1. The number of thiophene rings is 1. The van der Waals surface area contributed by atoms with Gasteiger partial charge in [0.05, 0.1) is 5.69 Å². The van der Waals surface area contributed by atoms with Crippen molar-refractivity contribution in [3.05, 3.63) is 41.3 Å². The van der Waals surface area contributed by atoms with Gasteiger partial charge in [-0.25, -0.2) is 4.79 Å². The highest BCUT2D eigenvalue weighted by Crippen LogP contribution is 2.38. The molecule has 1 saturated carbocycles. The molecule has 0 atom stereocenters. The highest BCUT2D eigenvalue weighted by Gasteiger charge is 2.29. The highest BCUT2D eigenvalue weighted by molar-refractivity contribution is 7.18. The van der Waals surface area contributed by atoms with E-state index in [9.17, 15) is 14.7 Å². The normalized spacial score (nSPS) is 14.8. The molecule has 1 heterocycles. The van der Waals surface area contributed by atoms with Gasteiger partial charge < -0.3 is 10.0 Å². The molecule has 1 aromatic heterocycles. The van der Waals surface area contributed by atoms with Crippen LogP contribution >= 0.6 is 11.3 Å². The quantitative estimate of drug-likeness (QED) is 0.911. The largest absolute Gasteiger partial charge is 0.477 e. The smallest absolute Gasteiger partial charge is 0.348 e. The van der Waals surface area contributed by atoms with Crippen LogP contribution in [-0.2, 0) is 4.79 Å². The lowest BCUT2D eigenvalue weighted by molar-refractivity contribution is -0.121. The minimum absolute atomic E-state index is 0.0294. The maximum absolute atomic E-state index is 12.6. The molecule has 4 nitrogen and oxygen atoms in total. The van der Waals surface area contributed by atoms with E-state index >= 15 is 0 Å². The molecule has 1 aliphatic carbocycles. The Balaban J connectivity index is 1.95. The highest BCUT2D eigenvalue weighted by atomic mass is 32.1. The van der Waals surface area contributed by atoms with Crippen LogP contribution < -0.4 is 4.90 Å². The van der Waals surface area contributed by atoms with Crippen LogP contribution in [0.4, 0.5) is 5.69 Å². The molecule has 120 valence electrons. The molecule has 1 amide bonds. The average molecular weight is 329 g/mol. The molecular formula is C18H19NO3S. The van der Waals surface area contributed by atoms with Crippen molar-refractivity contribution in [2.45, 2.75) is 25.7 Å².